The van der Waals surface area contributed by atoms with Crippen LogP contribution in [-0.4, -0.2) is 36.6 Å². The molecular formula is C23H25F3O4. The standard InChI is InChI=1S/C23H25F3O4/c1-6-30-21(27)22(28,23(24,25)26)13-19(17-8-7-9-18(12-17)29-5)20-15(3)10-14(2)11-16(20)4/h7-13,28H,6H2,1-5H3/b19-13+/t22-/m1/s1. The van der Waals surface area contributed by atoms with Crippen LogP contribution in [0.4, 0.5) is 13.2 Å². The number of esters is 1. The fourth-order valence-electron chi connectivity index (χ4n) is 3.40. The van der Waals surface area contributed by atoms with E-state index in [9.17, 15) is 23.1 Å². The smallest absolute Gasteiger partial charge is 0.431 e. The number of benzene rings is 2. The third kappa shape index (κ3) is 4.67. The van der Waals surface area contributed by atoms with Gasteiger partial charge in [0.15, 0.2) is 0 Å². The van der Waals surface area contributed by atoms with Crippen LogP contribution in [0, 0.1) is 20.8 Å². The SMILES string of the molecule is CCOC(=O)[C@](O)(/C=C(\c1cccc(OC)c1)c1c(C)cc(C)cc1C)C(F)(F)F. The average molecular weight is 422 g/mol. The Morgan fingerprint density at radius 1 is 1.10 bits per heavy atom. The molecule has 1 N–H and O–H groups in total. The minimum Gasteiger partial charge on any atom is -0.497 e. The van der Waals surface area contributed by atoms with Crippen LogP contribution in [0.2, 0.25) is 0 Å². The summed E-state index contributed by atoms with van der Waals surface area (Å²) < 4.78 is 51.3. The largest absolute Gasteiger partial charge is 0.497 e. The van der Waals surface area contributed by atoms with Crippen LogP contribution in [0.1, 0.15) is 34.7 Å². The van der Waals surface area contributed by atoms with E-state index in [1.54, 1.807) is 38.1 Å². The van der Waals surface area contributed by atoms with E-state index in [0.29, 0.717) is 34.1 Å². The zero-order valence-corrected chi connectivity index (χ0v) is 17.6. The summed E-state index contributed by atoms with van der Waals surface area (Å²) in [5.74, 6) is -1.35. The predicted octanol–water partition coefficient (Wildman–Crippen LogP) is 4.91. The first-order valence-electron chi connectivity index (χ1n) is 9.36. The van der Waals surface area contributed by atoms with Gasteiger partial charge in [-0.1, -0.05) is 29.8 Å². The van der Waals surface area contributed by atoms with Crippen molar-refractivity contribution in [3.05, 3.63) is 70.3 Å². The van der Waals surface area contributed by atoms with Crippen LogP contribution in [0.15, 0.2) is 42.5 Å². The van der Waals surface area contributed by atoms with Gasteiger partial charge in [-0.25, -0.2) is 4.79 Å². The molecule has 0 saturated heterocycles. The number of aryl methyl sites for hydroxylation is 3. The Labute approximate surface area is 173 Å². The molecule has 0 heterocycles. The lowest BCUT2D eigenvalue weighted by Gasteiger charge is -2.27. The normalized spacial score (nSPS) is 14.2. The highest BCUT2D eigenvalue weighted by atomic mass is 19.4. The Bertz CT molecular complexity index is 940. The summed E-state index contributed by atoms with van der Waals surface area (Å²) in [6.07, 6.45) is -4.75. The molecule has 0 aromatic heterocycles. The number of aliphatic hydroxyl groups is 1. The summed E-state index contributed by atoms with van der Waals surface area (Å²) in [6.45, 7) is 6.47. The van der Waals surface area contributed by atoms with Crippen molar-refractivity contribution in [1.82, 2.24) is 0 Å². The molecule has 0 amide bonds. The van der Waals surface area contributed by atoms with Crippen LogP contribution in [-0.2, 0) is 9.53 Å². The zero-order chi connectivity index (χ0) is 22.7. The van der Waals surface area contributed by atoms with Gasteiger partial charge in [-0.3, -0.25) is 0 Å². The molecule has 2 aromatic carbocycles. The van der Waals surface area contributed by atoms with E-state index >= 15 is 0 Å². The molecule has 2 aromatic rings. The second-order valence-electron chi connectivity index (χ2n) is 7.05. The molecule has 1 atom stereocenters. The number of halogens is 3. The molecule has 4 nitrogen and oxygen atoms in total. The van der Waals surface area contributed by atoms with Gasteiger partial charge in [0.2, 0.25) is 0 Å². The van der Waals surface area contributed by atoms with E-state index in [1.807, 2.05) is 19.1 Å². The molecule has 162 valence electrons. The van der Waals surface area contributed by atoms with Gasteiger partial charge in [-0.15, -0.1) is 0 Å². The van der Waals surface area contributed by atoms with Crippen molar-refractivity contribution in [3.8, 4) is 5.75 Å². The van der Waals surface area contributed by atoms with Crippen molar-refractivity contribution >= 4 is 11.5 Å². The number of alkyl halides is 3. The molecule has 0 spiro atoms. The predicted molar refractivity (Wildman–Crippen MR) is 108 cm³/mol. The van der Waals surface area contributed by atoms with E-state index in [-0.39, 0.29) is 12.2 Å². The zero-order valence-electron chi connectivity index (χ0n) is 17.6. The van der Waals surface area contributed by atoms with Gasteiger partial charge in [0.25, 0.3) is 5.60 Å². The van der Waals surface area contributed by atoms with Crippen LogP contribution in [0.5, 0.6) is 5.75 Å². The Balaban J connectivity index is 2.89. The molecule has 0 radical (unpaired) electrons. The Morgan fingerprint density at radius 2 is 1.70 bits per heavy atom. The van der Waals surface area contributed by atoms with E-state index in [2.05, 4.69) is 4.74 Å². The highest BCUT2D eigenvalue weighted by molar-refractivity contribution is 5.91. The van der Waals surface area contributed by atoms with Crippen molar-refractivity contribution in [1.29, 1.82) is 0 Å². The van der Waals surface area contributed by atoms with Gasteiger partial charge in [0.05, 0.1) is 13.7 Å². The van der Waals surface area contributed by atoms with Gasteiger partial charge in [-0.2, -0.15) is 13.2 Å². The first-order chi connectivity index (χ1) is 13.9. The van der Waals surface area contributed by atoms with Crippen LogP contribution in [0.25, 0.3) is 5.57 Å². The number of methoxy groups -OCH3 is 1. The van der Waals surface area contributed by atoms with Crippen LogP contribution >= 0.6 is 0 Å². The quantitative estimate of drug-likeness (QED) is 0.673. The topological polar surface area (TPSA) is 55.8 Å². The average Bonchev–Trinajstić information content (AvgIpc) is 2.65. The van der Waals surface area contributed by atoms with Gasteiger partial charge in [-0.05, 0) is 73.7 Å². The maximum absolute atomic E-state index is 13.9. The molecule has 0 bridgehead atoms. The number of rotatable bonds is 6. The third-order valence-electron chi connectivity index (χ3n) is 4.70. The van der Waals surface area contributed by atoms with Crippen molar-refractivity contribution in [3.63, 3.8) is 0 Å². The Kier molecular flexibility index (Phi) is 6.98. The first-order valence-corrected chi connectivity index (χ1v) is 9.36. The monoisotopic (exact) mass is 422 g/mol. The Morgan fingerprint density at radius 3 is 2.20 bits per heavy atom. The molecule has 0 unspecified atom stereocenters. The summed E-state index contributed by atoms with van der Waals surface area (Å²) in [4.78, 5) is 12.2. The van der Waals surface area contributed by atoms with Gasteiger partial charge in [0, 0.05) is 0 Å². The maximum Gasteiger partial charge on any atom is 0.431 e. The fraction of sp³-hybridized carbons (Fsp3) is 0.348. The molecule has 0 aliphatic carbocycles. The van der Waals surface area contributed by atoms with Crippen LogP contribution < -0.4 is 4.74 Å². The second kappa shape index (κ2) is 8.92. The minimum atomic E-state index is -5.28. The lowest BCUT2D eigenvalue weighted by molar-refractivity contribution is -0.245. The molecule has 0 aliphatic heterocycles. The van der Waals surface area contributed by atoms with Gasteiger partial charge >= 0.3 is 12.1 Å². The lowest BCUT2D eigenvalue weighted by atomic mass is 9.86. The number of ether oxygens (including phenoxy) is 2. The van der Waals surface area contributed by atoms with Gasteiger partial charge < -0.3 is 14.6 Å². The molecule has 0 saturated carbocycles. The van der Waals surface area contributed by atoms with E-state index in [1.165, 1.54) is 14.0 Å². The molecule has 7 heteroatoms. The van der Waals surface area contributed by atoms with Crippen molar-refractivity contribution in [2.45, 2.75) is 39.5 Å². The molecule has 30 heavy (non-hydrogen) atoms. The van der Waals surface area contributed by atoms with E-state index in [4.69, 9.17) is 4.74 Å². The Hall–Kier alpha value is -2.80. The maximum atomic E-state index is 13.9. The summed E-state index contributed by atoms with van der Waals surface area (Å²) in [5.41, 5.74) is -0.570. The number of hydrogen-bond acceptors (Lipinski definition) is 4. The number of hydrogen-bond donors (Lipinski definition) is 1. The van der Waals surface area contributed by atoms with Crippen LogP contribution in [0.3, 0.4) is 0 Å². The fourth-order valence-corrected chi connectivity index (χ4v) is 3.40. The molecular weight excluding hydrogens is 397 g/mol. The summed E-state index contributed by atoms with van der Waals surface area (Å²) in [6, 6.07) is 10.1. The summed E-state index contributed by atoms with van der Waals surface area (Å²) in [5, 5.41) is 10.5. The van der Waals surface area contributed by atoms with Gasteiger partial charge in [0.1, 0.15) is 5.75 Å². The third-order valence-corrected chi connectivity index (χ3v) is 4.70. The first kappa shape index (κ1) is 23.5. The van der Waals surface area contributed by atoms with Crippen molar-refractivity contribution in [2.24, 2.45) is 0 Å². The number of carbonyl (C=O) groups excluding carboxylic acids is 1. The summed E-state index contributed by atoms with van der Waals surface area (Å²) >= 11 is 0. The van der Waals surface area contributed by atoms with E-state index in [0.717, 1.165) is 5.56 Å². The summed E-state index contributed by atoms with van der Waals surface area (Å²) in [7, 11) is 1.44. The van der Waals surface area contributed by atoms with Crippen molar-refractivity contribution in [2.75, 3.05) is 13.7 Å². The highest BCUT2D eigenvalue weighted by Crippen LogP contribution is 2.39. The minimum absolute atomic E-state index is 0.0526. The lowest BCUT2D eigenvalue weighted by Crippen LogP contribution is -2.51. The molecule has 0 fully saturated rings. The molecule has 0 aliphatic rings. The van der Waals surface area contributed by atoms with E-state index < -0.39 is 17.7 Å². The number of carbonyl (C=O) groups is 1. The highest BCUT2D eigenvalue weighted by Gasteiger charge is 2.59. The molecule has 2 rings (SSSR count). The van der Waals surface area contributed by atoms with Crippen molar-refractivity contribution < 1.29 is 32.5 Å². The second-order valence-corrected chi connectivity index (χ2v) is 7.05.